The molecule has 4 rings (SSSR count). The highest BCUT2D eigenvalue weighted by molar-refractivity contribution is 5.92. The second-order valence-corrected chi connectivity index (χ2v) is 5.12. The standard InChI is InChI=1S/C16H11FN4O/c1-8-5-13(15-9-3-2-4-18-16(9)21-20-15)19-12-7-11(17)14(22)6-10(8)12/h2-7,22H,1H3,(H,18,20,21). The van der Waals surface area contributed by atoms with Crippen molar-refractivity contribution < 1.29 is 9.50 Å². The van der Waals surface area contributed by atoms with Crippen LogP contribution in [0.1, 0.15) is 5.56 Å². The molecule has 0 saturated heterocycles. The van der Waals surface area contributed by atoms with E-state index in [0.717, 1.165) is 16.6 Å². The molecule has 0 fully saturated rings. The Kier molecular flexibility index (Phi) is 2.59. The lowest BCUT2D eigenvalue weighted by Gasteiger charge is -2.07. The van der Waals surface area contributed by atoms with Crippen LogP contribution in [-0.2, 0) is 0 Å². The van der Waals surface area contributed by atoms with Crippen molar-refractivity contribution in [3.05, 3.63) is 47.9 Å². The second kappa shape index (κ2) is 4.49. The zero-order valence-corrected chi connectivity index (χ0v) is 11.6. The zero-order chi connectivity index (χ0) is 15.3. The number of halogens is 1. The van der Waals surface area contributed by atoms with Crippen molar-refractivity contribution in [2.75, 3.05) is 0 Å². The van der Waals surface area contributed by atoms with Gasteiger partial charge < -0.3 is 5.11 Å². The normalized spacial score (nSPS) is 11.4. The molecule has 4 aromatic rings. The van der Waals surface area contributed by atoms with Gasteiger partial charge in [0, 0.05) is 23.0 Å². The molecule has 0 bridgehead atoms. The number of nitrogens with one attached hydrogen (secondary N) is 1. The summed E-state index contributed by atoms with van der Waals surface area (Å²) >= 11 is 0. The van der Waals surface area contributed by atoms with E-state index in [9.17, 15) is 9.50 Å². The number of aromatic hydroxyl groups is 1. The van der Waals surface area contributed by atoms with Crippen LogP contribution < -0.4 is 0 Å². The minimum Gasteiger partial charge on any atom is -0.505 e. The minimum atomic E-state index is -0.687. The highest BCUT2D eigenvalue weighted by Gasteiger charge is 2.13. The molecular weight excluding hydrogens is 283 g/mol. The van der Waals surface area contributed by atoms with Crippen molar-refractivity contribution in [1.29, 1.82) is 0 Å². The van der Waals surface area contributed by atoms with Crippen molar-refractivity contribution in [1.82, 2.24) is 20.2 Å². The number of rotatable bonds is 1. The fourth-order valence-corrected chi connectivity index (χ4v) is 2.58. The Morgan fingerprint density at radius 2 is 2.05 bits per heavy atom. The third-order valence-corrected chi connectivity index (χ3v) is 3.67. The van der Waals surface area contributed by atoms with Gasteiger partial charge in [-0.3, -0.25) is 5.10 Å². The molecule has 108 valence electrons. The summed E-state index contributed by atoms with van der Waals surface area (Å²) in [6.45, 7) is 1.89. The molecule has 0 atom stereocenters. The first-order valence-electron chi connectivity index (χ1n) is 6.73. The fraction of sp³-hybridized carbons (Fsp3) is 0.0625. The van der Waals surface area contributed by atoms with Crippen molar-refractivity contribution >= 4 is 21.9 Å². The number of nitrogens with zero attached hydrogens (tertiary/aromatic N) is 3. The summed E-state index contributed by atoms with van der Waals surface area (Å²) in [4.78, 5) is 8.66. The predicted octanol–water partition coefficient (Wildman–Crippen LogP) is 3.33. The van der Waals surface area contributed by atoms with Crippen LogP contribution in [0.3, 0.4) is 0 Å². The van der Waals surface area contributed by atoms with Gasteiger partial charge in [0.2, 0.25) is 0 Å². The minimum absolute atomic E-state index is 0.374. The van der Waals surface area contributed by atoms with Crippen LogP contribution in [0.4, 0.5) is 4.39 Å². The first-order valence-corrected chi connectivity index (χ1v) is 6.73. The first-order chi connectivity index (χ1) is 10.6. The van der Waals surface area contributed by atoms with E-state index in [-0.39, 0.29) is 5.75 Å². The number of hydrogen-bond donors (Lipinski definition) is 2. The molecule has 0 aliphatic carbocycles. The van der Waals surface area contributed by atoms with Crippen molar-refractivity contribution in [2.24, 2.45) is 0 Å². The molecule has 0 aliphatic rings. The van der Waals surface area contributed by atoms with Crippen LogP contribution >= 0.6 is 0 Å². The van der Waals surface area contributed by atoms with E-state index in [2.05, 4.69) is 20.2 Å². The smallest absolute Gasteiger partial charge is 0.181 e. The van der Waals surface area contributed by atoms with Gasteiger partial charge >= 0.3 is 0 Å². The summed E-state index contributed by atoms with van der Waals surface area (Å²) in [6.07, 6.45) is 1.67. The summed E-state index contributed by atoms with van der Waals surface area (Å²) in [7, 11) is 0. The van der Waals surface area contributed by atoms with Gasteiger partial charge in [-0.2, -0.15) is 5.10 Å². The van der Waals surface area contributed by atoms with Crippen molar-refractivity contribution in [3.63, 3.8) is 0 Å². The molecule has 5 nitrogen and oxygen atoms in total. The number of benzene rings is 1. The number of fused-ring (bicyclic) bond motifs is 2. The monoisotopic (exact) mass is 294 g/mol. The molecule has 3 aromatic heterocycles. The number of H-pyrrole nitrogens is 1. The quantitative estimate of drug-likeness (QED) is 0.564. The van der Waals surface area contributed by atoms with Gasteiger partial charge in [-0.15, -0.1) is 0 Å². The van der Waals surface area contributed by atoms with Crippen LogP contribution in [0.15, 0.2) is 36.5 Å². The zero-order valence-electron chi connectivity index (χ0n) is 11.6. The van der Waals surface area contributed by atoms with Gasteiger partial charge in [0.25, 0.3) is 0 Å². The van der Waals surface area contributed by atoms with Gasteiger partial charge in [-0.1, -0.05) is 0 Å². The molecule has 0 spiro atoms. The van der Waals surface area contributed by atoms with Crippen LogP contribution in [0.2, 0.25) is 0 Å². The number of pyridine rings is 2. The van der Waals surface area contributed by atoms with Gasteiger partial charge in [-0.05, 0) is 36.8 Å². The van der Waals surface area contributed by atoms with Gasteiger partial charge in [-0.25, -0.2) is 14.4 Å². The third-order valence-electron chi connectivity index (χ3n) is 3.67. The van der Waals surface area contributed by atoms with Crippen molar-refractivity contribution in [2.45, 2.75) is 6.92 Å². The highest BCUT2D eigenvalue weighted by atomic mass is 19.1. The molecule has 22 heavy (non-hydrogen) atoms. The van der Waals surface area contributed by atoms with E-state index in [1.54, 1.807) is 6.20 Å². The summed E-state index contributed by atoms with van der Waals surface area (Å²) in [6, 6.07) is 8.23. The molecule has 3 heterocycles. The Bertz CT molecular complexity index is 1030. The van der Waals surface area contributed by atoms with Crippen molar-refractivity contribution in [3.8, 4) is 17.1 Å². The van der Waals surface area contributed by atoms with E-state index in [0.29, 0.717) is 22.2 Å². The van der Waals surface area contributed by atoms with E-state index in [1.165, 1.54) is 12.1 Å². The molecule has 2 N–H and O–H groups in total. The fourth-order valence-electron chi connectivity index (χ4n) is 2.58. The molecule has 0 aliphatic heterocycles. The summed E-state index contributed by atoms with van der Waals surface area (Å²) in [5, 5.41) is 18.2. The molecule has 0 amide bonds. The Labute approximate surface area is 124 Å². The SMILES string of the molecule is Cc1cc(-c2[nH]nc3ncccc23)nc2cc(F)c(O)cc12. The Balaban J connectivity index is 2.01. The number of phenols is 1. The van der Waals surface area contributed by atoms with Crippen LogP contribution in [0.25, 0.3) is 33.3 Å². The molecule has 0 radical (unpaired) electrons. The van der Waals surface area contributed by atoms with Crippen LogP contribution in [0, 0.1) is 12.7 Å². The molecule has 0 unspecified atom stereocenters. The highest BCUT2D eigenvalue weighted by Crippen LogP contribution is 2.30. The summed E-state index contributed by atoms with van der Waals surface area (Å²) in [5.74, 6) is -1.06. The Morgan fingerprint density at radius 1 is 1.18 bits per heavy atom. The van der Waals surface area contributed by atoms with Crippen LogP contribution in [0.5, 0.6) is 5.75 Å². The van der Waals surface area contributed by atoms with Crippen LogP contribution in [-0.4, -0.2) is 25.3 Å². The molecular formula is C16H11FN4O. The van der Waals surface area contributed by atoms with E-state index >= 15 is 0 Å². The average Bonchev–Trinajstić information content (AvgIpc) is 2.93. The van der Waals surface area contributed by atoms with Gasteiger partial charge in [0.05, 0.1) is 16.9 Å². The topological polar surface area (TPSA) is 74.7 Å². The maximum absolute atomic E-state index is 13.6. The summed E-state index contributed by atoms with van der Waals surface area (Å²) in [5.41, 5.74) is 3.37. The lowest BCUT2D eigenvalue weighted by atomic mass is 10.1. The van der Waals surface area contributed by atoms with E-state index in [4.69, 9.17) is 0 Å². The Hall–Kier alpha value is -3.02. The largest absolute Gasteiger partial charge is 0.505 e. The number of aromatic nitrogens is 4. The third kappa shape index (κ3) is 1.81. The lowest BCUT2D eigenvalue weighted by molar-refractivity contribution is 0.433. The first kappa shape index (κ1) is 12.7. The lowest BCUT2D eigenvalue weighted by Crippen LogP contribution is -1.91. The number of phenolic OH excluding ortho intramolecular Hbond substituents is 1. The van der Waals surface area contributed by atoms with E-state index in [1.807, 2.05) is 25.1 Å². The predicted molar refractivity (Wildman–Crippen MR) is 81.0 cm³/mol. The van der Waals surface area contributed by atoms with Gasteiger partial charge in [0.15, 0.2) is 17.2 Å². The average molecular weight is 294 g/mol. The number of aromatic amines is 1. The maximum atomic E-state index is 13.6. The molecule has 0 saturated carbocycles. The maximum Gasteiger partial charge on any atom is 0.181 e. The number of hydrogen-bond acceptors (Lipinski definition) is 4. The van der Waals surface area contributed by atoms with Gasteiger partial charge in [0.1, 0.15) is 0 Å². The molecule has 6 heteroatoms. The number of aryl methyl sites for hydroxylation is 1. The second-order valence-electron chi connectivity index (χ2n) is 5.12. The molecule has 1 aromatic carbocycles. The Morgan fingerprint density at radius 3 is 2.91 bits per heavy atom. The summed E-state index contributed by atoms with van der Waals surface area (Å²) < 4.78 is 13.6. The van der Waals surface area contributed by atoms with E-state index < -0.39 is 5.82 Å².